The maximum Gasteiger partial charge on any atom is 0.439 e. The molecule has 4 aromatic rings. The fourth-order valence-corrected chi connectivity index (χ4v) is 6.70. The number of halogens is 1. The molecule has 1 aliphatic heterocycles. The van der Waals surface area contributed by atoms with Crippen molar-refractivity contribution in [2.24, 2.45) is 11.8 Å². The lowest BCUT2D eigenvalue weighted by molar-refractivity contribution is -0.124. The number of nitrogens with zero attached hydrogens (tertiary/aromatic N) is 6. The number of quaternary nitrogens is 1. The predicted octanol–water partition coefficient (Wildman–Crippen LogP) is 4.16. The Bertz CT molecular complexity index is 1620. The summed E-state index contributed by atoms with van der Waals surface area (Å²) >= 11 is 6.38. The summed E-state index contributed by atoms with van der Waals surface area (Å²) in [5.41, 5.74) is 3.33. The molecule has 1 unspecified atom stereocenters. The number of amides is 1. The fourth-order valence-electron chi connectivity index (χ4n) is 6.53. The smallest absolute Gasteiger partial charge is 0.354 e. The van der Waals surface area contributed by atoms with Crippen LogP contribution in [0.1, 0.15) is 45.4 Å². The monoisotopic (exact) mass is 565 g/mol. The average molecular weight is 566 g/mol. The Morgan fingerprint density at radius 2 is 2.00 bits per heavy atom. The van der Waals surface area contributed by atoms with Crippen molar-refractivity contribution in [1.82, 2.24) is 39.5 Å². The van der Waals surface area contributed by atoms with Crippen molar-refractivity contribution in [3.63, 3.8) is 0 Å². The fraction of sp³-hybridized carbons (Fsp3) is 0.500. The number of hydrogen-bond donors (Lipinski definition) is 2. The minimum Gasteiger partial charge on any atom is -0.354 e. The van der Waals surface area contributed by atoms with Crippen molar-refractivity contribution >= 4 is 34.5 Å². The molecule has 11 nitrogen and oxygen atoms in total. The Balaban J connectivity index is 1.61. The lowest BCUT2D eigenvalue weighted by atomic mass is 9.83. The van der Waals surface area contributed by atoms with E-state index in [1.165, 1.54) is 12.8 Å². The van der Waals surface area contributed by atoms with Crippen LogP contribution in [0.5, 0.6) is 0 Å². The molecule has 40 heavy (non-hydrogen) atoms. The standard InChI is InChI=1S/C28H33ClN8O3/c1-16-6-8-17(9-7-16)15-36-24-20(33-27(36)37(3)10-4-5-22(37)26(38)30-2)12-21(25-34-28(39)40-35-25)32-23(24)18-11-19(29)14-31-13-18/h11-14,16-17,22H,4-10,15H2,1-3H3,(H-,30,34,35,38,39)/p+1/t16?,17?,22-,37?/m0/s1. The first-order chi connectivity index (χ1) is 19.3. The first-order valence-corrected chi connectivity index (χ1v) is 14.3. The molecule has 2 aliphatic rings. The number of imidazole rings is 1. The zero-order valence-electron chi connectivity index (χ0n) is 23.0. The van der Waals surface area contributed by atoms with Crippen molar-refractivity contribution in [3.05, 3.63) is 40.1 Å². The number of nitrogens with one attached hydrogen (secondary N) is 2. The minimum absolute atomic E-state index is 0.0170. The molecule has 12 heteroatoms. The molecule has 1 saturated carbocycles. The SMILES string of the molecule is CNC(=O)[C@@H]1CCC[N+]1(C)c1nc2cc(-c3noc(=O)[nH]3)nc(-c3cncc(Cl)c3)c2n1CC1CCC(C)CC1. The van der Waals surface area contributed by atoms with E-state index < -0.39 is 5.76 Å². The molecule has 0 radical (unpaired) electrons. The van der Waals surface area contributed by atoms with E-state index >= 15 is 0 Å². The Kier molecular flexibility index (Phi) is 6.95. The highest BCUT2D eigenvalue weighted by atomic mass is 35.5. The zero-order chi connectivity index (χ0) is 28.0. The van der Waals surface area contributed by atoms with Crippen molar-refractivity contribution in [1.29, 1.82) is 0 Å². The van der Waals surface area contributed by atoms with Crippen LogP contribution in [0, 0.1) is 11.8 Å². The van der Waals surface area contributed by atoms with Gasteiger partial charge >= 0.3 is 11.7 Å². The molecule has 6 rings (SSSR count). The molecule has 0 bridgehead atoms. The van der Waals surface area contributed by atoms with Crippen LogP contribution in [0.3, 0.4) is 0 Å². The van der Waals surface area contributed by atoms with Gasteiger partial charge in [0.25, 0.3) is 5.91 Å². The van der Waals surface area contributed by atoms with E-state index in [4.69, 9.17) is 26.1 Å². The summed E-state index contributed by atoms with van der Waals surface area (Å²) in [7, 11) is 3.80. The van der Waals surface area contributed by atoms with E-state index in [9.17, 15) is 9.59 Å². The summed E-state index contributed by atoms with van der Waals surface area (Å²) in [5.74, 6) is 1.62. The van der Waals surface area contributed by atoms with Crippen LogP contribution in [0.15, 0.2) is 33.8 Å². The molecule has 2 atom stereocenters. The van der Waals surface area contributed by atoms with Crippen molar-refractivity contribution in [2.75, 3.05) is 20.6 Å². The maximum absolute atomic E-state index is 13.1. The quantitative estimate of drug-likeness (QED) is 0.335. The molecule has 0 spiro atoms. The third-order valence-corrected chi connectivity index (χ3v) is 8.94. The van der Waals surface area contributed by atoms with Gasteiger partial charge < -0.3 is 5.32 Å². The Morgan fingerprint density at radius 1 is 1.20 bits per heavy atom. The highest BCUT2D eigenvalue weighted by Crippen LogP contribution is 2.40. The number of carbonyl (C=O) groups is 1. The molecular formula is C28H34ClN8O3+. The van der Waals surface area contributed by atoms with Crippen LogP contribution < -0.4 is 15.6 Å². The van der Waals surface area contributed by atoms with E-state index in [-0.39, 0.29) is 17.8 Å². The Hall–Kier alpha value is -3.57. The molecular weight excluding hydrogens is 532 g/mol. The van der Waals surface area contributed by atoms with Gasteiger partial charge in [0.15, 0.2) is 6.04 Å². The van der Waals surface area contributed by atoms with Crippen LogP contribution in [0.25, 0.3) is 33.8 Å². The van der Waals surface area contributed by atoms with E-state index in [2.05, 4.69) is 39.0 Å². The van der Waals surface area contributed by atoms with Crippen molar-refractivity contribution < 1.29 is 9.32 Å². The second kappa shape index (κ2) is 10.4. The van der Waals surface area contributed by atoms with Gasteiger partial charge in [-0.2, -0.15) is 4.98 Å². The van der Waals surface area contributed by atoms with Crippen LogP contribution in [0.4, 0.5) is 5.95 Å². The Morgan fingerprint density at radius 3 is 2.70 bits per heavy atom. The second-order valence-corrected chi connectivity index (χ2v) is 11.9. The number of fused-ring (bicyclic) bond motifs is 1. The van der Waals surface area contributed by atoms with Gasteiger partial charge in [0.1, 0.15) is 5.69 Å². The molecule has 5 heterocycles. The summed E-state index contributed by atoms with van der Waals surface area (Å²) in [5, 5.41) is 7.23. The molecule has 210 valence electrons. The number of carbonyl (C=O) groups excluding carboxylic acids is 1. The normalized spacial score (nSPS) is 24.9. The first-order valence-electron chi connectivity index (χ1n) is 13.9. The predicted molar refractivity (Wildman–Crippen MR) is 153 cm³/mol. The first kappa shape index (κ1) is 26.6. The molecule has 1 amide bonds. The van der Waals surface area contributed by atoms with Crippen LogP contribution >= 0.6 is 11.6 Å². The van der Waals surface area contributed by atoms with Gasteiger partial charge in [0.05, 0.1) is 35.3 Å². The van der Waals surface area contributed by atoms with Gasteiger partial charge in [-0.3, -0.25) is 28.3 Å². The molecule has 0 aromatic carbocycles. The number of hydrogen-bond acceptors (Lipinski definition) is 7. The number of H-pyrrole nitrogens is 1. The summed E-state index contributed by atoms with van der Waals surface area (Å²) in [6.07, 6.45) is 9.70. The van der Waals surface area contributed by atoms with Crippen molar-refractivity contribution in [2.45, 2.75) is 58.0 Å². The number of aromatic amines is 1. The largest absolute Gasteiger partial charge is 0.439 e. The third-order valence-electron chi connectivity index (χ3n) is 8.74. The van der Waals surface area contributed by atoms with Gasteiger partial charge in [-0.05, 0) is 36.8 Å². The number of rotatable bonds is 6. The third kappa shape index (κ3) is 4.71. The van der Waals surface area contributed by atoms with E-state index in [1.807, 2.05) is 12.1 Å². The molecule has 2 fully saturated rings. The van der Waals surface area contributed by atoms with Gasteiger partial charge in [-0.1, -0.05) is 36.5 Å². The van der Waals surface area contributed by atoms with Gasteiger partial charge in [-0.15, -0.1) is 0 Å². The number of aromatic nitrogens is 6. The highest BCUT2D eigenvalue weighted by Gasteiger charge is 2.48. The summed E-state index contributed by atoms with van der Waals surface area (Å²) in [6.45, 7) is 3.90. The molecule has 1 saturated heterocycles. The molecule has 1 aliphatic carbocycles. The highest BCUT2D eigenvalue weighted by molar-refractivity contribution is 6.30. The zero-order valence-corrected chi connectivity index (χ0v) is 23.7. The lowest BCUT2D eigenvalue weighted by Gasteiger charge is -2.34. The number of likely N-dealkylation sites (N-methyl/N-ethyl adjacent to an activating group) is 2. The molecule has 2 N–H and O–H groups in total. The lowest BCUT2D eigenvalue weighted by Crippen LogP contribution is -2.57. The summed E-state index contributed by atoms with van der Waals surface area (Å²) in [4.78, 5) is 42.0. The second-order valence-electron chi connectivity index (χ2n) is 11.5. The average Bonchev–Trinajstić information content (AvgIpc) is 3.66. The minimum atomic E-state index is -0.663. The van der Waals surface area contributed by atoms with E-state index in [1.54, 1.807) is 19.4 Å². The van der Waals surface area contributed by atoms with Crippen LogP contribution in [0.2, 0.25) is 5.02 Å². The van der Waals surface area contributed by atoms with Crippen LogP contribution in [-0.4, -0.2) is 62.2 Å². The van der Waals surface area contributed by atoms with E-state index in [0.29, 0.717) is 32.3 Å². The topological polar surface area (TPSA) is 132 Å². The summed E-state index contributed by atoms with van der Waals surface area (Å²) in [6, 6.07) is 3.40. The van der Waals surface area contributed by atoms with E-state index in [0.717, 1.165) is 61.7 Å². The Labute approximate surface area is 236 Å². The van der Waals surface area contributed by atoms with Gasteiger partial charge in [-0.25, -0.2) is 9.78 Å². The van der Waals surface area contributed by atoms with Crippen molar-refractivity contribution in [3.8, 4) is 22.8 Å². The number of likely N-dealkylation sites (tertiary alicyclic amines) is 1. The number of pyridine rings is 2. The summed E-state index contributed by atoms with van der Waals surface area (Å²) < 4.78 is 7.47. The molecule has 4 aromatic heterocycles. The maximum atomic E-state index is 13.1. The van der Waals surface area contributed by atoms with Gasteiger partial charge in [0, 0.05) is 44.4 Å². The van der Waals surface area contributed by atoms with Crippen LogP contribution in [-0.2, 0) is 11.3 Å². The van der Waals surface area contributed by atoms with Gasteiger partial charge in [0.2, 0.25) is 5.82 Å².